The van der Waals surface area contributed by atoms with Crippen molar-refractivity contribution in [3.63, 3.8) is 0 Å². The fourth-order valence-electron chi connectivity index (χ4n) is 3.14. The number of carbonyl (C=O) groups excluding carboxylic acids is 3. The first-order valence-electron chi connectivity index (χ1n) is 9.30. The summed E-state index contributed by atoms with van der Waals surface area (Å²) in [6.07, 6.45) is -0.852. The molecule has 13 heteroatoms. The second-order valence-corrected chi connectivity index (χ2v) is 6.90. The number of nitrogens with zero attached hydrogens (tertiary/aromatic N) is 4. The standard InChI is InChI=1S/C20H16F3N7O3/c1-9-12(17(31)20(33)27-15(18(22)23)14-7-25-29-28-14)8-30(2)16(9)19(32)26-11-3-4-13(21)10(5-11)6-24/h3-5,7-8,15,18H,1-2H3,(H,26,32)(H,27,33)(H,25,28,29). The zero-order valence-electron chi connectivity index (χ0n) is 17.2. The molecule has 0 radical (unpaired) electrons. The molecule has 170 valence electrons. The molecule has 0 spiro atoms. The topological polar surface area (TPSA) is 146 Å². The minimum atomic E-state index is -3.06. The van der Waals surface area contributed by atoms with Gasteiger partial charge in [-0.2, -0.15) is 20.7 Å². The fraction of sp³-hybridized carbons (Fsp3) is 0.200. The highest BCUT2D eigenvalue weighted by atomic mass is 19.3. The van der Waals surface area contributed by atoms with Gasteiger partial charge in [-0.1, -0.05) is 0 Å². The number of nitrogens with one attached hydrogen (secondary N) is 3. The van der Waals surface area contributed by atoms with Gasteiger partial charge in [-0.05, 0) is 30.7 Å². The van der Waals surface area contributed by atoms with E-state index in [1.165, 1.54) is 30.8 Å². The number of ketones is 1. The Morgan fingerprint density at radius 1 is 1.27 bits per heavy atom. The van der Waals surface area contributed by atoms with Gasteiger partial charge in [0, 0.05) is 24.5 Å². The number of nitriles is 1. The monoisotopic (exact) mass is 459 g/mol. The van der Waals surface area contributed by atoms with Crippen LogP contribution in [0.5, 0.6) is 0 Å². The average Bonchev–Trinajstić information content (AvgIpc) is 3.40. The Morgan fingerprint density at radius 3 is 2.61 bits per heavy atom. The van der Waals surface area contributed by atoms with Crippen LogP contribution in [0.4, 0.5) is 18.9 Å². The summed E-state index contributed by atoms with van der Waals surface area (Å²) >= 11 is 0. The highest BCUT2D eigenvalue weighted by Gasteiger charge is 2.31. The molecule has 1 aromatic carbocycles. The third kappa shape index (κ3) is 4.74. The Balaban J connectivity index is 1.82. The van der Waals surface area contributed by atoms with Gasteiger partial charge in [0.2, 0.25) is 0 Å². The average molecular weight is 459 g/mol. The molecule has 0 saturated heterocycles. The summed E-state index contributed by atoms with van der Waals surface area (Å²) in [4.78, 5) is 37.7. The Morgan fingerprint density at radius 2 is 2.00 bits per heavy atom. The maximum atomic E-state index is 13.5. The quantitative estimate of drug-likeness (QED) is 0.364. The van der Waals surface area contributed by atoms with E-state index in [0.29, 0.717) is 0 Å². The van der Waals surface area contributed by atoms with E-state index in [4.69, 9.17) is 5.26 Å². The van der Waals surface area contributed by atoms with E-state index in [0.717, 1.165) is 18.3 Å². The van der Waals surface area contributed by atoms with Gasteiger partial charge in [-0.15, -0.1) is 0 Å². The van der Waals surface area contributed by atoms with E-state index in [-0.39, 0.29) is 33.8 Å². The summed E-state index contributed by atoms with van der Waals surface area (Å²) in [6, 6.07) is 3.19. The van der Waals surface area contributed by atoms with Gasteiger partial charge in [0.1, 0.15) is 29.3 Å². The summed E-state index contributed by atoms with van der Waals surface area (Å²) in [5, 5.41) is 22.4. The van der Waals surface area contributed by atoms with Crippen LogP contribution in [0.15, 0.2) is 30.6 Å². The smallest absolute Gasteiger partial charge is 0.293 e. The van der Waals surface area contributed by atoms with Crippen molar-refractivity contribution in [3.8, 4) is 6.07 Å². The molecule has 1 atom stereocenters. The molecule has 0 aliphatic heterocycles. The van der Waals surface area contributed by atoms with Gasteiger partial charge in [-0.25, -0.2) is 13.2 Å². The molecule has 3 aromatic rings. The highest BCUT2D eigenvalue weighted by molar-refractivity contribution is 6.43. The minimum absolute atomic E-state index is 0.00380. The number of benzene rings is 1. The fourth-order valence-corrected chi connectivity index (χ4v) is 3.14. The number of aryl methyl sites for hydroxylation is 1. The molecule has 0 aliphatic carbocycles. The molecule has 10 nitrogen and oxygen atoms in total. The van der Waals surface area contributed by atoms with Gasteiger partial charge in [0.05, 0.1) is 11.8 Å². The predicted molar refractivity (Wildman–Crippen MR) is 107 cm³/mol. The normalized spacial score (nSPS) is 11.7. The lowest BCUT2D eigenvalue weighted by Crippen LogP contribution is -2.38. The Bertz CT molecular complexity index is 1260. The largest absolute Gasteiger partial charge is 0.346 e. The number of anilines is 1. The van der Waals surface area contributed by atoms with Gasteiger partial charge in [0.25, 0.3) is 24.0 Å². The molecule has 2 aromatic heterocycles. The Labute approximate surface area is 184 Å². The van der Waals surface area contributed by atoms with Crippen molar-refractivity contribution in [1.29, 1.82) is 5.26 Å². The molecule has 3 rings (SSSR count). The number of H-pyrrole nitrogens is 1. The van der Waals surface area contributed by atoms with E-state index < -0.39 is 35.9 Å². The molecule has 0 bridgehead atoms. The van der Waals surface area contributed by atoms with E-state index >= 15 is 0 Å². The number of amides is 2. The lowest BCUT2D eigenvalue weighted by atomic mass is 10.1. The van der Waals surface area contributed by atoms with Crippen molar-refractivity contribution >= 4 is 23.3 Å². The number of hydrogen-bond acceptors (Lipinski definition) is 6. The molecule has 33 heavy (non-hydrogen) atoms. The van der Waals surface area contributed by atoms with Crippen LogP contribution in [0, 0.1) is 24.1 Å². The second-order valence-electron chi connectivity index (χ2n) is 6.90. The second kappa shape index (κ2) is 9.35. The van der Waals surface area contributed by atoms with Crippen LogP contribution < -0.4 is 10.6 Å². The van der Waals surface area contributed by atoms with E-state index in [9.17, 15) is 27.6 Å². The third-order valence-corrected chi connectivity index (χ3v) is 4.74. The summed E-state index contributed by atoms with van der Waals surface area (Å²) in [7, 11) is 1.44. The molecule has 3 N–H and O–H groups in total. The van der Waals surface area contributed by atoms with Crippen LogP contribution in [0.1, 0.15) is 43.7 Å². The van der Waals surface area contributed by atoms with Gasteiger partial charge in [-0.3, -0.25) is 14.4 Å². The Hall–Kier alpha value is -4.47. The molecule has 2 heterocycles. The van der Waals surface area contributed by atoms with Crippen molar-refractivity contribution in [2.75, 3.05) is 5.32 Å². The van der Waals surface area contributed by atoms with Crippen molar-refractivity contribution in [3.05, 3.63) is 64.5 Å². The molecule has 2 amide bonds. The van der Waals surface area contributed by atoms with Crippen molar-refractivity contribution < 1.29 is 27.6 Å². The number of carbonyl (C=O) groups is 3. The van der Waals surface area contributed by atoms with Crippen molar-refractivity contribution in [1.82, 2.24) is 25.3 Å². The van der Waals surface area contributed by atoms with E-state index in [1.807, 2.05) is 5.32 Å². The molecular weight excluding hydrogens is 443 g/mol. The molecule has 0 saturated carbocycles. The lowest BCUT2D eigenvalue weighted by Gasteiger charge is -2.14. The van der Waals surface area contributed by atoms with Gasteiger partial charge < -0.3 is 15.2 Å². The summed E-state index contributed by atoms with van der Waals surface area (Å²) in [6.45, 7) is 1.41. The predicted octanol–water partition coefficient (Wildman–Crippen LogP) is 2.02. The number of halogens is 3. The van der Waals surface area contributed by atoms with Crippen molar-refractivity contribution in [2.45, 2.75) is 19.4 Å². The molecular formula is C20H16F3N7O3. The van der Waals surface area contributed by atoms with E-state index in [1.54, 1.807) is 6.07 Å². The number of Topliss-reactive ketones (excluding diaryl/α,β-unsaturated/α-hetero) is 1. The van der Waals surface area contributed by atoms with Crippen LogP contribution in [-0.2, 0) is 11.8 Å². The Kier molecular flexibility index (Phi) is 6.57. The molecule has 0 aliphatic rings. The van der Waals surface area contributed by atoms with Crippen LogP contribution in [-0.4, -0.2) is 44.0 Å². The SMILES string of the molecule is Cc1c(C(=O)C(=O)NC(c2cn[nH]n2)C(F)F)cn(C)c1C(=O)Nc1ccc(F)c(C#N)c1. The number of aromatic nitrogens is 4. The third-order valence-electron chi connectivity index (χ3n) is 4.74. The van der Waals surface area contributed by atoms with Gasteiger partial charge in [0.15, 0.2) is 0 Å². The first-order valence-corrected chi connectivity index (χ1v) is 9.30. The summed E-state index contributed by atoms with van der Waals surface area (Å²) in [5.41, 5.74) is -0.456. The molecule has 1 unspecified atom stereocenters. The molecule has 0 fully saturated rings. The van der Waals surface area contributed by atoms with Crippen LogP contribution >= 0.6 is 0 Å². The van der Waals surface area contributed by atoms with Crippen LogP contribution in [0.2, 0.25) is 0 Å². The minimum Gasteiger partial charge on any atom is -0.346 e. The summed E-state index contributed by atoms with van der Waals surface area (Å²) < 4.78 is 41.4. The first kappa shape index (κ1) is 23.2. The summed E-state index contributed by atoms with van der Waals surface area (Å²) in [5.74, 6) is -3.90. The van der Waals surface area contributed by atoms with E-state index in [2.05, 4.69) is 20.7 Å². The maximum absolute atomic E-state index is 13.5. The van der Waals surface area contributed by atoms with Crippen LogP contribution in [0.3, 0.4) is 0 Å². The van der Waals surface area contributed by atoms with Crippen LogP contribution in [0.25, 0.3) is 0 Å². The lowest BCUT2D eigenvalue weighted by molar-refractivity contribution is -0.119. The van der Waals surface area contributed by atoms with Gasteiger partial charge >= 0.3 is 0 Å². The number of aromatic amines is 1. The number of alkyl halides is 2. The zero-order chi connectivity index (χ0) is 24.3. The maximum Gasteiger partial charge on any atom is 0.293 e. The number of hydrogen-bond donors (Lipinski definition) is 3. The zero-order valence-corrected chi connectivity index (χ0v) is 17.2. The number of rotatable bonds is 7. The highest BCUT2D eigenvalue weighted by Crippen LogP contribution is 2.22. The van der Waals surface area contributed by atoms with Crippen molar-refractivity contribution in [2.24, 2.45) is 7.05 Å². The first-order chi connectivity index (χ1) is 15.6.